The fourth-order valence-corrected chi connectivity index (χ4v) is 3.50. The Labute approximate surface area is 107 Å². The molecule has 2 fully saturated rings. The molecule has 0 radical (unpaired) electrons. The minimum Gasteiger partial charge on any atom is -0.385 e. The van der Waals surface area contributed by atoms with Gasteiger partial charge in [0.1, 0.15) is 5.82 Å². The van der Waals surface area contributed by atoms with E-state index in [2.05, 4.69) is 5.32 Å². The molecule has 3 heteroatoms. The van der Waals surface area contributed by atoms with Gasteiger partial charge in [-0.05, 0) is 49.8 Å². The van der Waals surface area contributed by atoms with Crippen molar-refractivity contribution in [1.82, 2.24) is 5.32 Å². The number of nitrogens with one attached hydrogen (secondary N) is 1. The molecule has 2 aliphatic heterocycles. The molecule has 98 valence electrons. The monoisotopic (exact) mass is 249 g/mol. The van der Waals surface area contributed by atoms with E-state index in [-0.39, 0.29) is 5.82 Å². The van der Waals surface area contributed by atoms with Crippen LogP contribution < -0.4 is 5.32 Å². The summed E-state index contributed by atoms with van der Waals surface area (Å²) in [6.45, 7) is 1.75. The van der Waals surface area contributed by atoms with E-state index in [9.17, 15) is 9.50 Å². The highest BCUT2D eigenvalue weighted by molar-refractivity contribution is 5.30. The van der Waals surface area contributed by atoms with Gasteiger partial charge in [0.2, 0.25) is 0 Å². The van der Waals surface area contributed by atoms with Gasteiger partial charge >= 0.3 is 0 Å². The minimum atomic E-state index is -0.778. The van der Waals surface area contributed by atoms with Gasteiger partial charge in [-0.25, -0.2) is 4.39 Å². The Hall–Kier alpha value is -0.930. The third-order valence-corrected chi connectivity index (χ3v) is 4.44. The zero-order chi connectivity index (χ0) is 12.8. The lowest BCUT2D eigenvalue weighted by Crippen LogP contribution is -2.54. The summed E-state index contributed by atoms with van der Waals surface area (Å²) in [7, 11) is 0. The van der Waals surface area contributed by atoms with E-state index in [4.69, 9.17) is 0 Å². The third kappa shape index (κ3) is 2.06. The van der Waals surface area contributed by atoms with Crippen molar-refractivity contribution in [2.24, 2.45) is 0 Å². The van der Waals surface area contributed by atoms with Crippen molar-refractivity contribution in [3.8, 4) is 0 Å². The Morgan fingerprint density at radius 1 is 1.28 bits per heavy atom. The fourth-order valence-electron chi connectivity index (χ4n) is 3.50. The molecular formula is C15H20FNO. The highest BCUT2D eigenvalue weighted by Crippen LogP contribution is 2.39. The van der Waals surface area contributed by atoms with Crippen LogP contribution in [0.5, 0.6) is 0 Å². The van der Waals surface area contributed by atoms with Crippen LogP contribution in [0.1, 0.15) is 43.2 Å². The number of aryl methyl sites for hydroxylation is 1. The van der Waals surface area contributed by atoms with Crippen LogP contribution in [-0.4, -0.2) is 17.2 Å². The molecule has 2 heterocycles. The number of aliphatic hydroxyl groups is 1. The second kappa shape index (κ2) is 4.32. The van der Waals surface area contributed by atoms with Crippen LogP contribution in [0, 0.1) is 12.7 Å². The topological polar surface area (TPSA) is 32.3 Å². The van der Waals surface area contributed by atoms with Crippen LogP contribution in [0.25, 0.3) is 0 Å². The van der Waals surface area contributed by atoms with Gasteiger partial charge in [0.05, 0.1) is 5.60 Å². The number of fused-ring (bicyclic) bond motifs is 2. The second-order valence-corrected chi connectivity index (χ2v) is 5.90. The Morgan fingerprint density at radius 3 is 2.56 bits per heavy atom. The van der Waals surface area contributed by atoms with Crippen LogP contribution in [-0.2, 0) is 5.60 Å². The summed E-state index contributed by atoms with van der Waals surface area (Å²) >= 11 is 0. The molecule has 0 aromatic heterocycles. The second-order valence-electron chi connectivity index (χ2n) is 5.90. The summed E-state index contributed by atoms with van der Waals surface area (Å²) in [5, 5.41) is 14.5. The first-order chi connectivity index (χ1) is 8.57. The van der Waals surface area contributed by atoms with Crippen molar-refractivity contribution in [1.29, 1.82) is 0 Å². The van der Waals surface area contributed by atoms with E-state index in [1.165, 1.54) is 12.5 Å². The Balaban J connectivity index is 1.91. The molecule has 2 nitrogen and oxygen atoms in total. The normalized spacial score (nSPS) is 35.5. The van der Waals surface area contributed by atoms with E-state index in [0.29, 0.717) is 17.6 Å². The summed E-state index contributed by atoms with van der Waals surface area (Å²) in [5.41, 5.74) is 0.712. The fraction of sp³-hybridized carbons (Fsp3) is 0.600. The maximum Gasteiger partial charge on any atom is 0.126 e. The van der Waals surface area contributed by atoms with Crippen LogP contribution in [0.2, 0.25) is 0 Å². The Bertz CT molecular complexity index is 448. The maximum absolute atomic E-state index is 13.3. The van der Waals surface area contributed by atoms with Crippen LogP contribution >= 0.6 is 0 Å². The highest BCUT2D eigenvalue weighted by atomic mass is 19.1. The predicted molar refractivity (Wildman–Crippen MR) is 68.8 cm³/mol. The molecule has 0 saturated carbocycles. The molecular weight excluding hydrogens is 229 g/mol. The smallest absolute Gasteiger partial charge is 0.126 e. The average molecular weight is 249 g/mol. The van der Waals surface area contributed by atoms with Crippen molar-refractivity contribution < 1.29 is 9.50 Å². The number of benzene rings is 1. The van der Waals surface area contributed by atoms with E-state index in [1.54, 1.807) is 19.1 Å². The molecule has 1 aromatic rings. The molecule has 2 saturated heterocycles. The number of rotatable bonds is 1. The van der Waals surface area contributed by atoms with Gasteiger partial charge in [-0.15, -0.1) is 0 Å². The molecule has 1 aromatic carbocycles. The Morgan fingerprint density at radius 2 is 1.94 bits per heavy atom. The van der Waals surface area contributed by atoms with Crippen LogP contribution in [0.15, 0.2) is 18.2 Å². The van der Waals surface area contributed by atoms with Crippen molar-refractivity contribution in [3.05, 3.63) is 35.1 Å². The van der Waals surface area contributed by atoms with Gasteiger partial charge in [0, 0.05) is 12.1 Å². The first-order valence-electron chi connectivity index (χ1n) is 6.82. The van der Waals surface area contributed by atoms with Gasteiger partial charge in [-0.3, -0.25) is 0 Å². The number of hydrogen-bond donors (Lipinski definition) is 2. The average Bonchev–Trinajstić information content (AvgIpc) is 2.32. The minimum absolute atomic E-state index is 0.198. The molecule has 2 unspecified atom stereocenters. The predicted octanol–water partition coefficient (Wildman–Crippen LogP) is 2.63. The van der Waals surface area contributed by atoms with Gasteiger partial charge in [0.15, 0.2) is 0 Å². The summed E-state index contributed by atoms with van der Waals surface area (Å²) < 4.78 is 13.3. The van der Waals surface area contributed by atoms with E-state index < -0.39 is 5.60 Å². The van der Waals surface area contributed by atoms with Crippen LogP contribution in [0.4, 0.5) is 4.39 Å². The largest absolute Gasteiger partial charge is 0.385 e. The summed E-state index contributed by atoms with van der Waals surface area (Å²) in [5.74, 6) is -0.198. The molecule has 3 rings (SSSR count). The van der Waals surface area contributed by atoms with E-state index in [1.807, 2.05) is 0 Å². The zero-order valence-electron chi connectivity index (χ0n) is 10.7. The van der Waals surface area contributed by atoms with Crippen molar-refractivity contribution in [2.45, 2.75) is 56.7 Å². The highest BCUT2D eigenvalue weighted by Gasteiger charge is 2.41. The standard InChI is InChI=1S/C15H20FNO/c1-10-7-11(5-6-14(10)16)15(18)8-12-3-2-4-13(9-15)17-12/h5-7,12-13,17-18H,2-4,8-9H2,1H3. The van der Waals surface area contributed by atoms with E-state index in [0.717, 1.165) is 31.2 Å². The SMILES string of the molecule is Cc1cc(C2(O)CC3CCCC(C2)N3)ccc1F. The molecule has 2 bridgehead atoms. The van der Waals surface area contributed by atoms with Gasteiger partial charge < -0.3 is 10.4 Å². The quantitative estimate of drug-likeness (QED) is 0.802. The van der Waals surface area contributed by atoms with E-state index >= 15 is 0 Å². The maximum atomic E-state index is 13.3. The molecule has 2 N–H and O–H groups in total. The van der Waals surface area contributed by atoms with Crippen molar-refractivity contribution >= 4 is 0 Å². The molecule has 2 aliphatic rings. The molecule has 18 heavy (non-hydrogen) atoms. The first kappa shape index (κ1) is 12.1. The van der Waals surface area contributed by atoms with Crippen molar-refractivity contribution in [2.75, 3.05) is 0 Å². The summed E-state index contributed by atoms with van der Waals surface area (Å²) in [6.07, 6.45) is 5.02. The molecule has 0 amide bonds. The number of halogens is 1. The zero-order valence-corrected chi connectivity index (χ0v) is 10.7. The summed E-state index contributed by atoms with van der Waals surface area (Å²) in [4.78, 5) is 0. The van der Waals surface area contributed by atoms with Crippen LogP contribution in [0.3, 0.4) is 0 Å². The Kier molecular flexibility index (Phi) is 2.91. The number of hydrogen-bond acceptors (Lipinski definition) is 2. The lowest BCUT2D eigenvalue weighted by Gasteiger charge is -2.45. The third-order valence-electron chi connectivity index (χ3n) is 4.44. The van der Waals surface area contributed by atoms with Gasteiger partial charge in [-0.1, -0.05) is 18.6 Å². The lowest BCUT2D eigenvalue weighted by atomic mass is 9.74. The van der Waals surface area contributed by atoms with Crippen molar-refractivity contribution in [3.63, 3.8) is 0 Å². The molecule has 2 atom stereocenters. The molecule has 0 aliphatic carbocycles. The first-order valence-corrected chi connectivity index (χ1v) is 6.82. The summed E-state index contributed by atoms with van der Waals surface area (Å²) in [6, 6.07) is 5.83. The number of piperidine rings is 2. The lowest BCUT2D eigenvalue weighted by molar-refractivity contribution is -0.0359. The molecule has 0 spiro atoms. The van der Waals surface area contributed by atoms with Gasteiger partial charge in [0.25, 0.3) is 0 Å². The van der Waals surface area contributed by atoms with Gasteiger partial charge in [-0.2, -0.15) is 0 Å².